The maximum Gasteiger partial charge on any atom is 0.342 e. The van der Waals surface area contributed by atoms with Crippen molar-refractivity contribution in [3.63, 3.8) is 0 Å². The van der Waals surface area contributed by atoms with Crippen molar-refractivity contribution < 1.29 is 42.9 Å². The van der Waals surface area contributed by atoms with E-state index in [1.807, 2.05) is 32.1 Å². The second-order valence-electron chi connectivity index (χ2n) is 11.2. The Bertz CT molecular complexity index is 1250. The average Bonchev–Trinajstić information content (AvgIpc) is 3.06. The Hall–Kier alpha value is -3.61. The first kappa shape index (κ1) is 37.8. The average molecular weight is 678 g/mol. The molecule has 1 N–H and O–H groups in total. The number of oxime groups is 1. The van der Waals surface area contributed by atoms with E-state index in [1.54, 1.807) is 30.0 Å². The Balaban J connectivity index is 2.00. The SMILES string of the molecule is CCOCOc1cc2c(c(OCOCC)c1)C(=O)O[C@H](C)C/C=C/[C@@H](CNC(=O)CCl)C/C=C/C(=N/OCC(=O)N1CCCCC1)C2. The number of amides is 2. The number of hydrogen-bond donors (Lipinski definition) is 1. The fraction of sp³-hybridized carbons (Fsp3) is 0.588. The highest BCUT2D eigenvalue weighted by molar-refractivity contribution is 6.27. The van der Waals surface area contributed by atoms with Gasteiger partial charge in [0.1, 0.15) is 29.0 Å². The van der Waals surface area contributed by atoms with Gasteiger partial charge in [0, 0.05) is 51.8 Å². The topological polar surface area (TPSA) is 134 Å². The van der Waals surface area contributed by atoms with Crippen LogP contribution < -0.4 is 14.8 Å². The number of allylic oxidation sites excluding steroid dienone is 2. The van der Waals surface area contributed by atoms with E-state index in [-0.39, 0.29) is 61.5 Å². The quantitative estimate of drug-likeness (QED) is 0.0737. The molecule has 3 rings (SSSR count). The van der Waals surface area contributed by atoms with Crippen molar-refractivity contribution in [2.45, 2.75) is 65.4 Å². The molecule has 2 heterocycles. The minimum Gasteiger partial charge on any atom is -0.467 e. The number of ether oxygens (including phenoxy) is 5. The zero-order valence-corrected chi connectivity index (χ0v) is 28.4. The van der Waals surface area contributed by atoms with Crippen LogP contribution in [-0.4, -0.2) is 93.4 Å². The Morgan fingerprint density at radius 3 is 2.51 bits per heavy atom. The van der Waals surface area contributed by atoms with Crippen LogP contribution in [0, 0.1) is 5.92 Å². The van der Waals surface area contributed by atoms with Crippen LogP contribution in [0.1, 0.15) is 68.8 Å². The summed E-state index contributed by atoms with van der Waals surface area (Å²) >= 11 is 5.67. The van der Waals surface area contributed by atoms with Crippen LogP contribution in [0.25, 0.3) is 0 Å². The van der Waals surface area contributed by atoms with Crippen LogP contribution in [0.3, 0.4) is 0 Å². The van der Waals surface area contributed by atoms with Gasteiger partial charge in [0.15, 0.2) is 20.2 Å². The lowest BCUT2D eigenvalue weighted by molar-refractivity contribution is -0.137. The molecule has 12 nitrogen and oxygen atoms in total. The Morgan fingerprint density at radius 2 is 1.79 bits per heavy atom. The summed E-state index contributed by atoms with van der Waals surface area (Å²) in [5, 5.41) is 7.17. The molecule has 0 unspecified atom stereocenters. The van der Waals surface area contributed by atoms with Gasteiger partial charge in [-0.1, -0.05) is 23.4 Å². The van der Waals surface area contributed by atoms with E-state index in [4.69, 9.17) is 40.1 Å². The van der Waals surface area contributed by atoms with Crippen LogP contribution in [0.5, 0.6) is 11.5 Å². The van der Waals surface area contributed by atoms with Crippen molar-refractivity contribution in [3.05, 3.63) is 47.6 Å². The molecule has 1 aromatic rings. The first-order valence-electron chi connectivity index (χ1n) is 16.3. The molecule has 0 aliphatic carbocycles. The standard InChI is InChI=1S/C34H48ClN3O9/c1-4-42-23-44-29-18-27-17-28(37-46-22-32(40)38-15-7-6-8-16-38)14-10-13-26(21-36-31(39)20-35)12-9-11-25(3)47-34(41)33(27)30(19-29)45-24-43-5-2/h9-10,12,14,18-19,25-26H,4-8,11,13,15-17,20-24H2,1-3H3,(H,36,39)/b12-9+,14-10+,37-28-/t25-,26-/m1/s1. The summed E-state index contributed by atoms with van der Waals surface area (Å²) in [6, 6.07) is 3.32. The molecule has 2 aliphatic rings. The monoisotopic (exact) mass is 677 g/mol. The summed E-state index contributed by atoms with van der Waals surface area (Å²) < 4.78 is 28.4. The van der Waals surface area contributed by atoms with E-state index >= 15 is 0 Å². The number of carbonyl (C=O) groups is 3. The number of carbonyl (C=O) groups excluding carboxylic acids is 3. The van der Waals surface area contributed by atoms with E-state index in [1.165, 1.54) is 0 Å². The molecule has 13 heteroatoms. The van der Waals surface area contributed by atoms with Gasteiger partial charge in [-0.3, -0.25) is 9.59 Å². The van der Waals surface area contributed by atoms with Gasteiger partial charge in [-0.05, 0) is 70.1 Å². The molecule has 0 spiro atoms. The highest BCUT2D eigenvalue weighted by Gasteiger charge is 2.25. The van der Waals surface area contributed by atoms with Crippen LogP contribution >= 0.6 is 11.6 Å². The van der Waals surface area contributed by atoms with Crippen molar-refractivity contribution in [2.75, 3.05) is 58.9 Å². The summed E-state index contributed by atoms with van der Waals surface area (Å²) in [6.07, 6.45) is 11.3. The third kappa shape index (κ3) is 13.6. The number of esters is 1. The van der Waals surface area contributed by atoms with Gasteiger partial charge in [-0.2, -0.15) is 0 Å². The Kier molecular flexibility index (Phi) is 17.2. The second-order valence-corrected chi connectivity index (χ2v) is 11.4. The molecule has 0 aromatic heterocycles. The molecular formula is C34H48ClN3O9. The van der Waals surface area contributed by atoms with Crippen molar-refractivity contribution in [1.82, 2.24) is 10.2 Å². The van der Waals surface area contributed by atoms with E-state index in [9.17, 15) is 14.4 Å². The molecule has 1 saturated heterocycles. The van der Waals surface area contributed by atoms with E-state index in [0.29, 0.717) is 62.7 Å². The van der Waals surface area contributed by atoms with Gasteiger partial charge in [-0.15, -0.1) is 11.6 Å². The number of halogens is 1. The summed E-state index contributed by atoms with van der Waals surface area (Å²) in [5.41, 5.74) is 1.16. The van der Waals surface area contributed by atoms with Gasteiger partial charge >= 0.3 is 5.97 Å². The molecule has 2 aliphatic heterocycles. The normalized spacial score (nSPS) is 21.1. The number of nitrogens with zero attached hydrogens (tertiary/aromatic N) is 2. The van der Waals surface area contributed by atoms with Crippen LogP contribution in [0.2, 0.25) is 0 Å². The summed E-state index contributed by atoms with van der Waals surface area (Å²) in [6.45, 7) is 7.87. The van der Waals surface area contributed by atoms with Crippen molar-refractivity contribution in [2.24, 2.45) is 11.1 Å². The highest BCUT2D eigenvalue weighted by Crippen LogP contribution is 2.32. The predicted molar refractivity (Wildman–Crippen MR) is 178 cm³/mol. The first-order chi connectivity index (χ1) is 22.8. The molecule has 47 heavy (non-hydrogen) atoms. The molecule has 0 radical (unpaired) electrons. The lowest BCUT2D eigenvalue weighted by atomic mass is 9.98. The van der Waals surface area contributed by atoms with Gasteiger partial charge in [-0.25, -0.2) is 4.79 Å². The Labute approximate surface area is 282 Å². The van der Waals surface area contributed by atoms with Gasteiger partial charge in [0.05, 0.1) is 5.71 Å². The molecule has 0 bridgehead atoms. The number of nitrogens with one attached hydrogen (secondary N) is 1. The second kappa shape index (κ2) is 21.3. The number of benzene rings is 1. The molecule has 260 valence electrons. The van der Waals surface area contributed by atoms with Crippen LogP contribution in [0.15, 0.2) is 41.6 Å². The largest absolute Gasteiger partial charge is 0.467 e. The van der Waals surface area contributed by atoms with Gasteiger partial charge in [0.25, 0.3) is 5.91 Å². The maximum absolute atomic E-state index is 13.7. The van der Waals surface area contributed by atoms with E-state index in [0.717, 1.165) is 19.3 Å². The number of piperidine rings is 1. The first-order valence-corrected chi connectivity index (χ1v) is 16.8. The predicted octanol–water partition coefficient (Wildman–Crippen LogP) is 4.78. The molecule has 0 saturated carbocycles. The number of cyclic esters (lactones) is 1. The highest BCUT2D eigenvalue weighted by atomic mass is 35.5. The van der Waals surface area contributed by atoms with Crippen LogP contribution in [0.4, 0.5) is 0 Å². The van der Waals surface area contributed by atoms with Crippen LogP contribution in [-0.2, 0) is 35.1 Å². The van der Waals surface area contributed by atoms with Gasteiger partial charge in [0.2, 0.25) is 5.91 Å². The molecular weight excluding hydrogens is 630 g/mol. The zero-order valence-electron chi connectivity index (χ0n) is 27.7. The van der Waals surface area contributed by atoms with Crippen molar-refractivity contribution in [3.8, 4) is 11.5 Å². The Morgan fingerprint density at radius 1 is 1.04 bits per heavy atom. The lowest BCUT2D eigenvalue weighted by Crippen LogP contribution is -2.37. The summed E-state index contributed by atoms with van der Waals surface area (Å²) in [5.74, 6) is -0.533. The third-order valence-electron chi connectivity index (χ3n) is 7.44. The smallest absolute Gasteiger partial charge is 0.342 e. The van der Waals surface area contributed by atoms with Gasteiger partial charge < -0.3 is 38.7 Å². The van der Waals surface area contributed by atoms with Crippen molar-refractivity contribution >= 4 is 35.1 Å². The number of rotatable bonds is 14. The van der Waals surface area contributed by atoms with E-state index < -0.39 is 12.1 Å². The lowest BCUT2D eigenvalue weighted by Gasteiger charge is -2.26. The molecule has 2 atom stereocenters. The fourth-order valence-electron chi connectivity index (χ4n) is 4.97. The molecule has 2 amide bonds. The number of alkyl halides is 1. The summed E-state index contributed by atoms with van der Waals surface area (Å²) in [4.78, 5) is 45.7. The minimum atomic E-state index is -0.587. The fourth-order valence-corrected chi connectivity index (χ4v) is 5.06. The molecule has 1 fully saturated rings. The number of hydrogen-bond acceptors (Lipinski definition) is 10. The maximum atomic E-state index is 13.7. The number of fused-ring (bicyclic) bond motifs is 1. The third-order valence-corrected chi connectivity index (χ3v) is 7.69. The zero-order chi connectivity index (χ0) is 33.9. The van der Waals surface area contributed by atoms with Crippen molar-refractivity contribution in [1.29, 1.82) is 0 Å². The number of likely N-dealkylation sites (tertiary alicyclic amines) is 1. The minimum absolute atomic E-state index is 0.00177. The summed E-state index contributed by atoms with van der Waals surface area (Å²) in [7, 11) is 0. The van der Waals surface area contributed by atoms with E-state index in [2.05, 4.69) is 10.5 Å². The molecule has 1 aromatic carbocycles.